The highest BCUT2D eigenvalue weighted by molar-refractivity contribution is 7.89. The fourth-order valence-corrected chi connectivity index (χ4v) is 3.50. The van der Waals surface area contributed by atoms with Gasteiger partial charge in [-0.1, -0.05) is 25.1 Å². The summed E-state index contributed by atoms with van der Waals surface area (Å²) in [5.41, 5.74) is 2.89. The summed E-state index contributed by atoms with van der Waals surface area (Å²) in [6.45, 7) is 2.79. The number of pyridine rings is 1. The molecule has 0 unspecified atom stereocenters. The third-order valence-corrected chi connectivity index (χ3v) is 4.79. The third-order valence-electron chi connectivity index (χ3n) is 3.94. The lowest BCUT2D eigenvalue weighted by atomic mass is 10.2. The number of rotatable bonds is 6. The molecule has 0 spiro atoms. The molecule has 2 N–H and O–H groups in total. The summed E-state index contributed by atoms with van der Waals surface area (Å²) >= 11 is 0. The standard InChI is InChI=1S/C16H20N4O2S/c1-2-15-19-14-11-18-13-8-4-3-7-12(13)16(14)20(15)9-5-6-10-23(17,21)22/h3-4,7-8,11H,2,5-6,9-10H2,1H3,(H2,17,21,22). The largest absolute Gasteiger partial charge is 0.327 e. The molecule has 0 aliphatic heterocycles. The fraction of sp³-hybridized carbons (Fsp3) is 0.375. The van der Waals surface area contributed by atoms with Gasteiger partial charge >= 0.3 is 0 Å². The maximum atomic E-state index is 11.1. The summed E-state index contributed by atoms with van der Waals surface area (Å²) in [5, 5.41) is 6.13. The van der Waals surface area contributed by atoms with Crippen LogP contribution in [0.5, 0.6) is 0 Å². The molecule has 6 nitrogen and oxygen atoms in total. The Morgan fingerprint density at radius 2 is 1.96 bits per heavy atom. The Morgan fingerprint density at radius 1 is 1.17 bits per heavy atom. The van der Waals surface area contributed by atoms with Gasteiger partial charge in [-0.3, -0.25) is 4.98 Å². The van der Waals surface area contributed by atoms with Crippen LogP contribution >= 0.6 is 0 Å². The molecule has 0 bridgehead atoms. The minimum absolute atomic E-state index is 0.0173. The lowest BCUT2D eigenvalue weighted by molar-refractivity contribution is 0.583. The molecule has 3 aromatic rings. The van der Waals surface area contributed by atoms with Crippen molar-refractivity contribution in [1.29, 1.82) is 0 Å². The summed E-state index contributed by atoms with van der Waals surface area (Å²) in [6, 6.07) is 7.99. The third kappa shape index (κ3) is 3.35. The number of primary sulfonamides is 1. The molecule has 0 radical (unpaired) electrons. The molecule has 1 aromatic carbocycles. The SMILES string of the molecule is CCc1nc2cnc3ccccc3c2n1CCCCS(N)(=O)=O. The zero-order valence-electron chi connectivity index (χ0n) is 13.1. The Balaban J connectivity index is 1.98. The van der Waals surface area contributed by atoms with Crippen LogP contribution in [0.3, 0.4) is 0 Å². The van der Waals surface area contributed by atoms with Crippen molar-refractivity contribution in [3.05, 3.63) is 36.3 Å². The van der Waals surface area contributed by atoms with Crippen molar-refractivity contribution in [2.24, 2.45) is 5.14 Å². The Kier molecular flexibility index (Phi) is 4.32. The van der Waals surface area contributed by atoms with Gasteiger partial charge in [-0.25, -0.2) is 18.5 Å². The van der Waals surface area contributed by atoms with E-state index in [-0.39, 0.29) is 5.75 Å². The quantitative estimate of drug-likeness (QED) is 0.701. The predicted molar refractivity (Wildman–Crippen MR) is 91.6 cm³/mol. The second-order valence-corrected chi connectivity index (χ2v) is 7.35. The average molecular weight is 332 g/mol. The Morgan fingerprint density at radius 3 is 2.70 bits per heavy atom. The van der Waals surface area contributed by atoms with Gasteiger partial charge in [0.2, 0.25) is 10.0 Å². The first-order valence-corrected chi connectivity index (χ1v) is 9.44. The summed E-state index contributed by atoms with van der Waals surface area (Å²) in [5.74, 6) is 1.01. The topological polar surface area (TPSA) is 90.9 Å². The first-order chi connectivity index (χ1) is 11.0. The van der Waals surface area contributed by atoms with Gasteiger partial charge in [0.05, 0.1) is 23.0 Å². The van der Waals surface area contributed by atoms with Gasteiger partial charge in [0.25, 0.3) is 0 Å². The number of hydrogen-bond acceptors (Lipinski definition) is 4. The number of para-hydroxylation sites is 1. The van der Waals surface area contributed by atoms with Crippen molar-refractivity contribution < 1.29 is 8.42 Å². The first-order valence-electron chi connectivity index (χ1n) is 7.73. The van der Waals surface area contributed by atoms with E-state index in [9.17, 15) is 8.42 Å². The molecule has 2 aromatic heterocycles. The second-order valence-electron chi connectivity index (χ2n) is 5.62. The number of fused-ring (bicyclic) bond motifs is 3. The van der Waals surface area contributed by atoms with Gasteiger partial charge in [-0.05, 0) is 18.9 Å². The van der Waals surface area contributed by atoms with Crippen LogP contribution in [0.4, 0.5) is 0 Å². The van der Waals surface area contributed by atoms with E-state index in [1.54, 1.807) is 6.20 Å². The van der Waals surface area contributed by atoms with E-state index in [0.29, 0.717) is 6.42 Å². The number of aromatic nitrogens is 3. The van der Waals surface area contributed by atoms with Gasteiger partial charge in [-0.15, -0.1) is 0 Å². The molecule has 3 rings (SSSR count). The highest BCUT2D eigenvalue weighted by Gasteiger charge is 2.13. The lowest BCUT2D eigenvalue weighted by Crippen LogP contribution is -2.16. The fourth-order valence-electron chi connectivity index (χ4n) is 2.89. The van der Waals surface area contributed by atoms with E-state index >= 15 is 0 Å². The zero-order chi connectivity index (χ0) is 16.4. The number of nitrogens with two attached hydrogens (primary N) is 1. The maximum absolute atomic E-state index is 11.1. The van der Waals surface area contributed by atoms with Crippen molar-refractivity contribution in [1.82, 2.24) is 14.5 Å². The number of imidazole rings is 1. The molecule has 0 aliphatic rings. The van der Waals surface area contributed by atoms with Gasteiger partial charge in [0, 0.05) is 18.4 Å². The molecular weight excluding hydrogens is 312 g/mol. The Bertz CT molecular complexity index is 947. The molecule has 0 amide bonds. The monoisotopic (exact) mass is 332 g/mol. The maximum Gasteiger partial charge on any atom is 0.209 e. The number of hydrogen-bond donors (Lipinski definition) is 1. The van der Waals surface area contributed by atoms with Crippen molar-refractivity contribution >= 4 is 32.0 Å². The number of aryl methyl sites for hydroxylation is 2. The molecule has 2 heterocycles. The molecule has 0 saturated carbocycles. The molecule has 0 saturated heterocycles. The second kappa shape index (κ2) is 6.25. The van der Waals surface area contributed by atoms with Crippen LogP contribution in [0, 0.1) is 0 Å². The van der Waals surface area contributed by atoms with Gasteiger partial charge in [0.15, 0.2) is 0 Å². The normalized spacial score (nSPS) is 12.3. The summed E-state index contributed by atoms with van der Waals surface area (Å²) < 4.78 is 24.3. The van der Waals surface area contributed by atoms with Crippen molar-refractivity contribution in [2.45, 2.75) is 32.7 Å². The van der Waals surface area contributed by atoms with E-state index in [2.05, 4.69) is 21.5 Å². The molecule has 0 fully saturated rings. The Labute approximate surface area is 135 Å². The summed E-state index contributed by atoms with van der Waals surface area (Å²) in [4.78, 5) is 9.12. The van der Waals surface area contributed by atoms with Gasteiger partial charge in [0.1, 0.15) is 11.3 Å². The van der Waals surface area contributed by atoms with Crippen molar-refractivity contribution in [3.63, 3.8) is 0 Å². The molecule has 23 heavy (non-hydrogen) atoms. The van der Waals surface area contributed by atoms with E-state index in [1.807, 2.05) is 24.3 Å². The van der Waals surface area contributed by atoms with Crippen LogP contribution in [-0.2, 0) is 23.0 Å². The van der Waals surface area contributed by atoms with E-state index < -0.39 is 10.0 Å². The number of benzene rings is 1. The summed E-state index contributed by atoms with van der Waals surface area (Å²) in [7, 11) is -3.39. The van der Waals surface area contributed by atoms with Crippen LogP contribution in [0.2, 0.25) is 0 Å². The predicted octanol–water partition coefficient (Wildman–Crippen LogP) is 2.22. The van der Waals surface area contributed by atoms with Crippen LogP contribution in [0.15, 0.2) is 30.5 Å². The molecule has 0 aliphatic carbocycles. The van der Waals surface area contributed by atoms with Crippen LogP contribution < -0.4 is 5.14 Å². The van der Waals surface area contributed by atoms with Crippen molar-refractivity contribution in [2.75, 3.05) is 5.75 Å². The number of nitrogens with zero attached hydrogens (tertiary/aromatic N) is 3. The van der Waals surface area contributed by atoms with Crippen LogP contribution in [-0.4, -0.2) is 28.7 Å². The van der Waals surface area contributed by atoms with Crippen molar-refractivity contribution in [3.8, 4) is 0 Å². The molecule has 122 valence electrons. The molecule has 7 heteroatoms. The first kappa shape index (κ1) is 15.9. The van der Waals surface area contributed by atoms with E-state index in [4.69, 9.17) is 5.14 Å². The highest BCUT2D eigenvalue weighted by Crippen LogP contribution is 2.25. The molecule has 0 atom stereocenters. The van der Waals surface area contributed by atoms with Gasteiger partial charge in [-0.2, -0.15) is 0 Å². The number of unbranched alkanes of at least 4 members (excludes halogenated alkanes) is 1. The zero-order valence-corrected chi connectivity index (χ0v) is 13.9. The van der Waals surface area contributed by atoms with Gasteiger partial charge < -0.3 is 4.57 Å². The number of sulfonamides is 1. The van der Waals surface area contributed by atoms with E-state index in [0.717, 1.165) is 47.1 Å². The average Bonchev–Trinajstić information content (AvgIpc) is 2.89. The Hall–Kier alpha value is -1.99. The van der Waals surface area contributed by atoms with Crippen LogP contribution in [0.1, 0.15) is 25.6 Å². The smallest absolute Gasteiger partial charge is 0.209 e. The summed E-state index contributed by atoms with van der Waals surface area (Å²) in [6.07, 6.45) is 3.91. The van der Waals surface area contributed by atoms with E-state index in [1.165, 1.54) is 0 Å². The highest BCUT2D eigenvalue weighted by atomic mass is 32.2. The lowest BCUT2D eigenvalue weighted by Gasteiger charge is -2.09. The minimum atomic E-state index is -3.39. The van der Waals surface area contributed by atoms with Crippen LogP contribution in [0.25, 0.3) is 21.9 Å². The molecular formula is C16H20N4O2S. The minimum Gasteiger partial charge on any atom is -0.327 e.